The molecule has 10 aromatic rings. The monoisotopic (exact) mass is 705 g/mol. The summed E-state index contributed by atoms with van der Waals surface area (Å²) < 4.78 is 2.48. The Kier molecular flexibility index (Phi) is 7.92. The molecule has 0 radical (unpaired) electrons. The van der Waals surface area contributed by atoms with Crippen LogP contribution >= 0.6 is 0 Å². The van der Waals surface area contributed by atoms with Crippen LogP contribution in [-0.2, 0) is 0 Å². The van der Waals surface area contributed by atoms with Gasteiger partial charge in [0.05, 0.1) is 22.4 Å². The van der Waals surface area contributed by atoms with E-state index in [9.17, 15) is 0 Å². The topological polar surface area (TPSA) is 11.4 Å². The smallest absolute Gasteiger partial charge is 0.0568 e. The molecule has 0 aliphatic heterocycles. The maximum Gasteiger partial charge on any atom is 0.0568 e. The molecule has 0 aliphatic rings. The molecule has 3 nitrogen and oxygen atoms in total. The van der Waals surface area contributed by atoms with Gasteiger partial charge in [-0.05, 0) is 109 Å². The minimum atomic E-state index is 1.12. The summed E-state index contributed by atoms with van der Waals surface area (Å²) in [4.78, 5) is 4.83. The molecule has 9 aromatic carbocycles. The van der Waals surface area contributed by atoms with E-state index in [4.69, 9.17) is 0 Å². The summed E-state index contributed by atoms with van der Waals surface area (Å²) in [5, 5.41) is 7.34. The van der Waals surface area contributed by atoms with Crippen molar-refractivity contribution in [3.05, 3.63) is 211 Å². The Morgan fingerprint density at radius 2 is 0.691 bits per heavy atom. The maximum atomic E-state index is 2.48. The van der Waals surface area contributed by atoms with Crippen molar-refractivity contribution >= 4 is 77.5 Å². The van der Waals surface area contributed by atoms with Crippen LogP contribution < -0.4 is 9.80 Å². The van der Waals surface area contributed by atoms with Crippen molar-refractivity contribution in [2.45, 2.75) is 13.8 Å². The molecule has 0 aliphatic carbocycles. The van der Waals surface area contributed by atoms with Crippen molar-refractivity contribution in [3.63, 3.8) is 0 Å². The molecule has 0 saturated carbocycles. The van der Waals surface area contributed by atoms with E-state index in [-0.39, 0.29) is 0 Å². The summed E-state index contributed by atoms with van der Waals surface area (Å²) in [5.41, 5.74) is 12.6. The summed E-state index contributed by atoms with van der Waals surface area (Å²) in [5.74, 6) is 0. The molecule has 0 unspecified atom stereocenters. The van der Waals surface area contributed by atoms with Crippen LogP contribution in [0.3, 0.4) is 0 Å². The van der Waals surface area contributed by atoms with Gasteiger partial charge in [-0.25, -0.2) is 0 Å². The van der Waals surface area contributed by atoms with E-state index >= 15 is 0 Å². The molecule has 0 spiro atoms. The largest absolute Gasteiger partial charge is 0.310 e. The first-order valence-corrected chi connectivity index (χ1v) is 18.9. The van der Waals surface area contributed by atoms with Gasteiger partial charge in [-0.15, -0.1) is 0 Å². The van der Waals surface area contributed by atoms with E-state index in [2.05, 4.69) is 228 Å². The minimum absolute atomic E-state index is 1.12. The lowest BCUT2D eigenvalue weighted by Crippen LogP contribution is -2.11. The third-order valence-electron chi connectivity index (χ3n) is 10.8. The molecule has 10 rings (SSSR count). The van der Waals surface area contributed by atoms with Gasteiger partial charge >= 0.3 is 0 Å². The van der Waals surface area contributed by atoms with Crippen LogP contribution in [-0.4, -0.2) is 4.57 Å². The van der Waals surface area contributed by atoms with Gasteiger partial charge in [-0.2, -0.15) is 0 Å². The van der Waals surface area contributed by atoms with E-state index in [1.165, 1.54) is 43.4 Å². The summed E-state index contributed by atoms with van der Waals surface area (Å²) in [6, 6.07) is 72.7. The third-order valence-corrected chi connectivity index (χ3v) is 10.8. The average Bonchev–Trinajstić information content (AvgIpc) is 3.57. The highest BCUT2D eigenvalue weighted by atomic mass is 15.2. The highest BCUT2D eigenvalue weighted by molar-refractivity contribution is 6.32. The van der Waals surface area contributed by atoms with Crippen molar-refractivity contribution in [1.82, 2.24) is 4.57 Å². The lowest BCUT2D eigenvalue weighted by atomic mass is 9.96. The molecule has 1 heterocycles. The zero-order chi connectivity index (χ0) is 36.9. The van der Waals surface area contributed by atoms with Crippen molar-refractivity contribution in [3.8, 4) is 5.69 Å². The van der Waals surface area contributed by atoms with Crippen LogP contribution in [0.1, 0.15) is 11.1 Å². The van der Waals surface area contributed by atoms with E-state index < -0.39 is 0 Å². The van der Waals surface area contributed by atoms with Crippen molar-refractivity contribution < 1.29 is 0 Å². The number of nitrogens with zero attached hydrogens (tertiary/aromatic N) is 3. The number of hydrogen-bond donors (Lipinski definition) is 0. The maximum absolute atomic E-state index is 2.48. The van der Waals surface area contributed by atoms with Crippen molar-refractivity contribution in [1.29, 1.82) is 0 Å². The fraction of sp³-hybridized carbons (Fsp3) is 0.0385. The highest BCUT2D eigenvalue weighted by Gasteiger charge is 2.25. The second-order valence-corrected chi connectivity index (χ2v) is 14.4. The lowest BCUT2D eigenvalue weighted by Gasteiger charge is -2.27. The first-order valence-electron chi connectivity index (χ1n) is 18.9. The number of benzene rings is 9. The van der Waals surface area contributed by atoms with Crippen LogP contribution in [0.15, 0.2) is 200 Å². The second-order valence-electron chi connectivity index (χ2n) is 14.4. The second kappa shape index (κ2) is 13.4. The Hall–Kier alpha value is -7.10. The van der Waals surface area contributed by atoms with Gasteiger partial charge in [0.15, 0.2) is 0 Å². The van der Waals surface area contributed by atoms with Crippen LogP contribution in [0.4, 0.5) is 34.1 Å². The standard InChI is InChI=1S/C52H39N3/c1-36-18-16-26-41(32-36)53(38-20-6-3-7-21-38)47-34-49-51(45-30-14-12-28-43(45)47)52-46-31-15-13-29-44(46)48(35-50(52)55(49)40-24-10-5-11-25-40)54(39-22-8-4-9-23-39)42-27-17-19-37(2)33-42/h3-35H,1-2H3. The van der Waals surface area contributed by atoms with Crippen LogP contribution in [0.25, 0.3) is 49.0 Å². The zero-order valence-corrected chi connectivity index (χ0v) is 30.9. The number of anilines is 6. The molecule has 0 amide bonds. The molecule has 0 N–H and O–H groups in total. The lowest BCUT2D eigenvalue weighted by molar-refractivity contribution is 1.18. The van der Waals surface area contributed by atoms with Gasteiger partial charge in [0, 0.05) is 50.0 Å². The van der Waals surface area contributed by atoms with Crippen LogP contribution in [0, 0.1) is 13.8 Å². The fourth-order valence-corrected chi connectivity index (χ4v) is 8.46. The number of hydrogen-bond acceptors (Lipinski definition) is 2. The average molecular weight is 706 g/mol. The Balaban J connectivity index is 1.39. The van der Waals surface area contributed by atoms with Crippen LogP contribution in [0.5, 0.6) is 0 Å². The number of fused-ring (bicyclic) bond motifs is 7. The van der Waals surface area contributed by atoms with Crippen molar-refractivity contribution in [2.24, 2.45) is 0 Å². The first kappa shape index (κ1) is 32.5. The number of para-hydroxylation sites is 3. The van der Waals surface area contributed by atoms with E-state index in [0.29, 0.717) is 0 Å². The molecule has 1 aromatic heterocycles. The fourth-order valence-electron chi connectivity index (χ4n) is 8.46. The molecule has 0 saturated heterocycles. The SMILES string of the molecule is Cc1cccc(N(c2ccccc2)c2cc3c(c4ccccc24)c2c4ccccc4c(N(c4ccccc4)c4cccc(C)c4)cc2n3-c2ccccc2)c1. The number of rotatable bonds is 7. The molecular formula is C52H39N3. The Labute approximate surface area is 321 Å². The van der Waals surface area contributed by atoms with Gasteiger partial charge in [-0.1, -0.05) is 127 Å². The summed E-state index contributed by atoms with van der Waals surface area (Å²) >= 11 is 0. The molecule has 0 fully saturated rings. The highest BCUT2D eigenvalue weighted by Crippen LogP contribution is 2.49. The van der Waals surface area contributed by atoms with Gasteiger partial charge in [0.2, 0.25) is 0 Å². The minimum Gasteiger partial charge on any atom is -0.310 e. The summed E-state index contributed by atoms with van der Waals surface area (Å²) in [6.45, 7) is 4.33. The number of aromatic nitrogens is 1. The van der Waals surface area contributed by atoms with E-state index in [0.717, 1.165) is 50.8 Å². The zero-order valence-electron chi connectivity index (χ0n) is 30.9. The normalized spacial score (nSPS) is 11.5. The molecule has 0 atom stereocenters. The molecule has 262 valence electrons. The summed E-state index contributed by atoms with van der Waals surface area (Å²) in [7, 11) is 0. The van der Waals surface area contributed by atoms with Gasteiger partial charge < -0.3 is 14.4 Å². The van der Waals surface area contributed by atoms with Gasteiger partial charge in [0.1, 0.15) is 0 Å². The number of aryl methyl sites for hydroxylation is 2. The van der Waals surface area contributed by atoms with Gasteiger partial charge in [0.25, 0.3) is 0 Å². The Morgan fingerprint density at radius 3 is 1.11 bits per heavy atom. The molecular weight excluding hydrogens is 667 g/mol. The Morgan fingerprint density at radius 1 is 0.327 bits per heavy atom. The molecule has 0 bridgehead atoms. The molecule has 3 heteroatoms. The third kappa shape index (κ3) is 5.52. The van der Waals surface area contributed by atoms with Crippen molar-refractivity contribution in [2.75, 3.05) is 9.80 Å². The summed E-state index contributed by atoms with van der Waals surface area (Å²) in [6.07, 6.45) is 0. The van der Waals surface area contributed by atoms with Crippen LogP contribution in [0.2, 0.25) is 0 Å². The first-order chi connectivity index (χ1) is 27.1. The van der Waals surface area contributed by atoms with E-state index in [1.807, 2.05) is 0 Å². The van der Waals surface area contributed by atoms with Gasteiger partial charge in [-0.3, -0.25) is 0 Å². The Bertz CT molecular complexity index is 2820. The predicted molar refractivity (Wildman–Crippen MR) is 235 cm³/mol. The molecule has 55 heavy (non-hydrogen) atoms. The quantitative estimate of drug-likeness (QED) is 0.164. The predicted octanol–water partition coefficient (Wildman–Crippen LogP) is 14.6. The van der Waals surface area contributed by atoms with E-state index in [1.54, 1.807) is 0 Å².